The Bertz CT molecular complexity index is 938. The summed E-state index contributed by atoms with van der Waals surface area (Å²) in [7, 11) is 1.65. The van der Waals surface area contributed by atoms with Gasteiger partial charge in [-0.25, -0.2) is 9.97 Å². The zero-order valence-corrected chi connectivity index (χ0v) is 17.7. The Labute approximate surface area is 176 Å². The number of benzene rings is 1. The highest BCUT2D eigenvalue weighted by atomic mass is 16.5. The number of hydrogen-bond acceptors (Lipinski definition) is 7. The monoisotopic (exact) mass is 409 g/mol. The molecular weight excluding hydrogens is 382 g/mol. The first-order chi connectivity index (χ1) is 14.5. The van der Waals surface area contributed by atoms with Gasteiger partial charge in [-0.05, 0) is 38.1 Å². The highest BCUT2D eigenvalue weighted by Gasteiger charge is 2.41. The van der Waals surface area contributed by atoms with E-state index in [-0.39, 0.29) is 17.9 Å². The summed E-state index contributed by atoms with van der Waals surface area (Å²) in [6, 6.07) is 9.51. The number of imide groups is 1. The van der Waals surface area contributed by atoms with Crippen LogP contribution in [0.25, 0.3) is 11.3 Å². The third-order valence-electron chi connectivity index (χ3n) is 5.83. The van der Waals surface area contributed by atoms with Gasteiger partial charge in [-0.1, -0.05) is 0 Å². The predicted octanol–water partition coefficient (Wildman–Crippen LogP) is 1.73. The van der Waals surface area contributed by atoms with Gasteiger partial charge in [0.15, 0.2) is 0 Å². The molecule has 0 N–H and O–H groups in total. The molecular formula is C22H27N5O3. The summed E-state index contributed by atoms with van der Waals surface area (Å²) in [6.07, 6.45) is 0.293. The van der Waals surface area contributed by atoms with Crippen LogP contribution in [0.15, 0.2) is 30.3 Å². The molecule has 0 radical (unpaired) electrons. The molecule has 2 aromatic rings. The molecule has 2 amide bonds. The van der Waals surface area contributed by atoms with Gasteiger partial charge >= 0.3 is 0 Å². The van der Waals surface area contributed by atoms with Crippen molar-refractivity contribution in [1.82, 2.24) is 19.8 Å². The third-order valence-corrected chi connectivity index (χ3v) is 5.83. The summed E-state index contributed by atoms with van der Waals surface area (Å²) in [6.45, 7) is 7.14. The molecule has 1 aromatic carbocycles. The van der Waals surface area contributed by atoms with Crippen molar-refractivity contribution >= 4 is 17.6 Å². The highest BCUT2D eigenvalue weighted by molar-refractivity contribution is 6.05. The normalized spacial score (nSPS) is 20.2. The van der Waals surface area contributed by atoms with Crippen LogP contribution in [0.1, 0.15) is 19.2 Å². The maximum Gasteiger partial charge on any atom is 0.247 e. The molecule has 0 saturated carbocycles. The topological polar surface area (TPSA) is 78.9 Å². The Kier molecular flexibility index (Phi) is 5.67. The summed E-state index contributed by atoms with van der Waals surface area (Å²) in [5.41, 5.74) is 1.88. The van der Waals surface area contributed by atoms with E-state index in [0.29, 0.717) is 13.0 Å². The fourth-order valence-corrected chi connectivity index (χ4v) is 4.17. The maximum atomic E-state index is 12.5. The van der Waals surface area contributed by atoms with Crippen LogP contribution in [-0.4, -0.2) is 77.5 Å². The van der Waals surface area contributed by atoms with Crippen LogP contribution in [0.5, 0.6) is 5.75 Å². The van der Waals surface area contributed by atoms with Crippen LogP contribution in [0, 0.1) is 6.92 Å². The molecule has 8 heteroatoms. The number of methoxy groups -OCH3 is 1. The van der Waals surface area contributed by atoms with E-state index in [0.717, 1.165) is 54.8 Å². The molecule has 2 fully saturated rings. The van der Waals surface area contributed by atoms with Crippen LogP contribution >= 0.6 is 0 Å². The molecule has 3 heterocycles. The second kappa shape index (κ2) is 8.39. The number of ether oxygens (including phenoxy) is 1. The van der Waals surface area contributed by atoms with Crippen LogP contribution < -0.4 is 9.64 Å². The van der Waals surface area contributed by atoms with Crippen LogP contribution in [-0.2, 0) is 9.59 Å². The number of amides is 2. The van der Waals surface area contributed by atoms with Crippen molar-refractivity contribution in [3.8, 4) is 17.0 Å². The van der Waals surface area contributed by atoms with E-state index >= 15 is 0 Å². The lowest BCUT2D eigenvalue weighted by Crippen LogP contribution is -2.52. The Morgan fingerprint density at radius 3 is 2.37 bits per heavy atom. The average Bonchev–Trinajstić information content (AvgIpc) is 3.06. The molecule has 8 nitrogen and oxygen atoms in total. The minimum atomic E-state index is -0.318. The zero-order valence-electron chi connectivity index (χ0n) is 17.7. The molecule has 30 heavy (non-hydrogen) atoms. The Hall–Kier alpha value is -3.00. The SMILES string of the molecule is CCN1C(=O)CC(N2CCN(c3cc(-c4ccc(OC)cc4)nc(C)n3)CC2)C1=O. The summed E-state index contributed by atoms with van der Waals surface area (Å²) < 4.78 is 5.23. The number of carbonyl (C=O) groups is 2. The predicted molar refractivity (Wildman–Crippen MR) is 113 cm³/mol. The Morgan fingerprint density at radius 2 is 1.77 bits per heavy atom. The third kappa shape index (κ3) is 3.87. The number of likely N-dealkylation sites (N-methyl/N-ethyl adjacent to an activating group) is 1. The molecule has 1 unspecified atom stereocenters. The van der Waals surface area contributed by atoms with Crippen molar-refractivity contribution in [1.29, 1.82) is 0 Å². The van der Waals surface area contributed by atoms with E-state index in [9.17, 15) is 9.59 Å². The fraction of sp³-hybridized carbons (Fsp3) is 0.455. The number of carbonyl (C=O) groups excluding carboxylic acids is 2. The summed E-state index contributed by atoms with van der Waals surface area (Å²) >= 11 is 0. The molecule has 2 saturated heterocycles. The van der Waals surface area contributed by atoms with Crippen molar-refractivity contribution in [3.63, 3.8) is 0 Å². The highest BCUT2D eigenvalue weighted by Crippen LogP contribution is 2.26. The van der Waals surface area contributed by atoms with Gasteiger partial charge in [-0.2, -0.15) is 0 Å². The molecule has 158 valence electrons. The number of nitrogens with zero attached hydrogens (tertiary/aromatic N) is 5. The molecule has 2 aliphatic heterocycles. The first-order valence-corrected chi connectivity index (χ1v) is 10.3. The van der Waals surface area contributed by atoms with Crippen molar-refractivity contribution in [3.05, 3.63) is 36.2 Å². The van der Waals surface area contributed by atoms with E-state index in [2.05, 4.69) is 19.8 Å². The zero-order chi connectivity index (χ0) is 21.3. The largest absolute Gasteiger partial charge is 0.497 e. The van der Waals surface area contributed by atoms with Crippen LogP contribution in [0.3, 0.4) is 0 Å². The summed E-state index contributed by atoms with van der Waals surface area (Å²) in [4.78, 5) is 39.5. The second-order valence-electron chi connectivity index (χ2n) is 7.61. The van der Waals surface area contributed by atoms with E-state index in [1.807, 2.05) is 44.2 Å². The van der Waals surface area contributed by atoms with Crippen LogP contribution in [0.4, 0.5) is 5.82 Å². The number of aryl methyl sites for hydroxylation is 1. The molecule has 2 aliphatic rings. The van der Waals surface area contributed by atoms with E-state index in [4.69, 9.17) is 4.74 Å². The summed E-state index contributed by atoms with van der Waals surface area (Å²) in [5, 5.41) is 0. The van der Waals surface area contributed by atoms with Gasteiger partial charge in [-0.15, -0.1) is 0 Å². The van der Waals surface area contributed by atoms with E-state index in [1.54, 1.807) is 7.11 Å². The number of rotatable bonds is 5. The molecule has 0 spiro atoms. The fourth-order valence-electron chi connectivity index (χ4n) is 4.17. The standard InChI is InChI=1S/C22H27N5O3/c1-4-27-21(28)14-19(22(27)29)25-9-11-26(12-10-25)20-13-18(23-15(2)24-20)16-5-7-17(30-3)8-6-16/h5-8,13,19H,4,9-12,14H2,1-3H3. The van der Waals surface area contributed by atoms with Gasteiger partial charge < -0.3 is 9.64 Å². The molecule has 1 atom stereocenters. The molecule has 0 aliphatic carbocycles. The van der Waals surface area contributed by atoms with Crippen molar-refractivity contribution < 1.29 is 14.3 Å². The second-order valence-corrected chi connectivity index (χ2v) is 7.61. The Morgan fingerprint density at radius 1 is 1.07 bits per heavy atom. The smallest absolute Gasteiger partial charge is 0.247 e. The van der Waals surface area contributed by atoms with E-state index in [1.165, 1.54) is 4.90 Å². The summed E-state index contributed by atoms with van der Waals surface area (Å²) in [5.74, 6) is 2.29. The number of anilines is 1. The van der Waals surface area contributed by atoms with Gasteiger partial charge in [-0.3, -0.25) is 19.4 Å². The first kappa shape index (κ1) is 20.3. The molecule has 0 bridgehead atoms. The lowest BCUT2D eigenvalue weighted by atomic mass is 10.1. The van der Waals surface area contributed by atoms with Gasteiger partial charge in [0.1, 0.15) is 17.4 Å². The van der Waals surface area contributed by atoms with Crippen molar-refractivity contribution in [2.45, 2.75) is 26.3 Å². The van der Waals surface area contributed by atoms with Gasteiger partial charge in [0, 0.05) is 44.4 Å². The van der Waals surface area contributed by atoms with Crippen molar-refractivity contribution in [2.75, 3.05) is 44.7 Å². The van der Waals surface area contributed by atoms with Gasteiger partial charge in [0.25, 0.3) is 0 Å². The Balaban J connectivity index is 1.46. The number of aromatic nitrogens is 2. The number of likely N-dealkylation sites (tertiary alicyclic amines) is 1. The average molecular weight is 409 g/mol. The van der Waals surface area contributed by atoms with Gasteiger partial charge in [0.2, 0.25) is 11.8 Å². The minimum Gasteiger partial charge on any atom is -0.497 e. The quantitative estimate of drug-likeness (QED) is 0.696. The molecule has 1 aromatic heterocycles. The van der Waals surface area contributed by atoms with Gasteiger partial charge in [0.05, 0.1) is 25.3 Å². The van der Waals surface area contributed by atoms with Crippen LogP contribution in [0.2, 0.25) is 0 Å². The van der Waals surface area contributed by atoms with E-state index < -0.39 is 0 Å². The first-order valence-electron chi connectivity index (χ1n) is 10.3. The molecule has 4 rings (SSSR count). The lowest BCUT2D eigenvalue weighted by molar-refractivity contribution is -0.139. The maximum absolute atomic E-state index is 12.5. The number of piperazine rings is 1. The number of hydrogen-bond donors (Lipinski definition) is 0. The minimum absolute atomic E-state index is 0.0596. The lowest BCUT2D eigenvalue weighted by Gasteiger charge is -2.37. The van der Waals surface area contributed by atoms with Crippen molar-refractivity contribution in [2.24, 2.45) is 0 Å².